The monoisotopic (exact) mass is 395 g/mol. The Morgan fingerprint density at radius 2 is 1.93 bits per heavy atom. The molecule has 0 spiro atoms. The Bertz CT molecular complexity index is 984. The van der Waals surface area contributed by atoms with Crippen LogP contribution in [0, 0.1) is 12.7 Å². The van der Waals surface area contributed by atoms with Gasteiger partial charge in [0.05, 0.1) is 18.5 Å². The van der Waals surface area contributed by atoms with Crippen LogP contribution in [0.15, 0.2) is 53.1 Å². The molecule has 3 aromatic rings. The first kappa shape index (κ1) is 18.9. The van der Waals surface area contributed by atoms with Crippen LogP contribution in [0.3, 0.4) is 0 Å². The van der Waals surface area contributed by atoms with Crippen molar-refractivity contribution in [1.29, 1.82) is 0 Å². The van der Waals surface area contributed by atoms with Gasteiger partial charge in [-0.25, -0.2) is 14.4 Å². The Kier molecular flexibility index (Phi) is 5.41. The summed E-state index contributed by atoms with van der Waals surface area (Å²) in [5.41, 5.74) is 0.917. The third-order valence-corrected chi connectivity index (χ3v) is 4.84. The smallest absolute Gasteiger partial charge is 0.272 e. The van der Waals surface area contributed by atoms with Crippen molar-refractivity contribution in [3.05, 3.63) is 71.8 Å². The predicted molar refractivity (Wildman–Crippen MR) is 107 cm³/mol. The first-order valence-electron chi connectivity index (χ1n) is 9.51. The van der Waals surface area contributed by atoms with Crippen LogP contribution in [-0.4, -0.2) is 47.0 Å². The summed E-state index contributed by atoms with van der Waals surface area (Å²) in [6.45, 7) is 4.38. The third-order valence-electron chi connectivity index (χ3n) is 4.84. The number of benzene rings is 1. The van der Waals surface area contributed by atoms with Crippen molar-refractivity contribution >= 4 is 17.4 Å². The van der Waals surface area contributed by atoms with Gasteiger partial charge >= 0.3 is 0 Å². The van der Waals surface area contributed by atoms with Crippen molar-refractivity contribution in [3.63, 3.8) is 0 Å². The molecule has 1 fully saturated rings. The lowest BCUT2D eigenvalue weighted by Crippen LogP contribution is -2.49. The van der Waals surface area contributed by atoms with E-state index in [4.69, 9.17) is 4.42 Å². The summed E-state index contributed by atoms with van der Waals surface area (Å²) in [4.78, 5) is 25.3. The molecule has 1 amide bonds. The first-order valence-corrected chi connectivity index (χ1v) is 9.51. The van der Waals surface area contributed by atoms with Gasteiger partial charge in [-0.2, -0.15) is 0 Å². The highest BCUT2D eigenvalue weighted by Gasteiger charge is 2.25. The van der Waals surface area contributed by atoms with Crippen molar-refractivity contribution in [2.45, 2.75) is 13.5 Å². The zero-order valence-electron chi connectivity index (χ0n) is 16.1. The lowest BCUT2D eigenvalue weighted by molar-refractivity contribution is 0.0740. The Hall–Kier alpha value is -3.42. The Labute approximate surface area is 168 Å². The van der Waals surface area contributed by atoms with Gasteiger partial charge in [-0.1, -0.05) is 12.1 Å². The molecule has 0 aliphatic carbocycles. The minimum Gasteiger partial charge on any atom is -0.467 e. The number of amides is 1. The van der Waals surface area contributed by atoms with E-state index in [0.717, 1.165) is 5.76 Å². The largest absolute Gasteiger partial charge is 0.467 e. The van der Waals surface area contributed by atoms with E-state index >= 15 is 0 Å². The highest BCUT2D eigenvalue weighted by atomic mass is 19.1. The van der Waals surface area contributed by atoms with Gasteiger partial charge in [0.1, 0.15) is 28.9 Å². The van der Waals surface area contributed by atoms with Crippen LogP contribution in [0.5, 0.6) is 0 Å². The third kappa shape index (κ3) is 4.37. The molecule has 0 saturated carbocycles. The van der Waals surface area contributed by atoms with Gasteiger partial charge < -0.3 is 19.5 Å². The topological polar surface area (TPSA) is 74.5 Å². The minimum atomic E-state index is -0.244. The molecule has 1 aromatic carbocycles. The summed E-state index contributed by atoms with van der Waals surface area (Å²) >= 11 is 0. The lowest BCUT2D eigenvalue weighted by Gasteiger charge is -2.36. The molecule has 0 unspecified atom stereocenters. The summed E-state index contributed by atoms with van der Waals surface area (Å²) in [5, 5.41) is 3.16. The first-order chi connectivity index (χ1) is 14.1. The molecule has 1 saturated heterocycles. The number of carbonyl (C=O) groups is 1. The van der Waals surface area contributed by atoms with Gasteiger partial charge in [0.15, 0.2) is 0 Å². The molecule has 0 radical (unpaired) electrons. The summed E-state index contributed by atoms with van der Waals surface area (Å²) in [6.07, 6.45) is 1.61. The molecule has 150 valence electrons. The number of rotatable bonds is 5. The number of hydrogen-bond acceptors (Lipinski definition) is 6. The number of piperazine rings is 1. The van der Waals surface area contributed by atoms with E-state index < -0.39 is 0 Å². The SMILES string of the molecule is Cc1nc(NCc2ccco2)cc(C(=O)N2CCN(c3ccccc3F)CC2)n1. The van der Waals surface area contributed by atoms with Crippen LogP contribution in [0.4, 0.5) is 15.9 Å². The van der Waals surface area contributed by atoms with Crippen molar-refractivity contribution < 1.29 is 13.6 Å². The van der Waals surface area contributed by atoms with Gasteiger partial charge in [0.2, 0.25) is 0 Å². The highest BCUT2D eigenvalue weighted by Crippen LogP contribution is 2.21. The van der Waals surface area contributed by atoms with Gasteiger partial charge in [-0.15, -0.1) is 0 Å². The van der Waals surface area contributed by atoms with Crippen molar-refractivity contribution in [2.24, 2.45) is 0 Å². The fraction of sp³-hybridized carbons (Fsp3) is 0.286. The second kappa shape index (κ2) is 8.30. The fourth-order valence-electron chi connectivity index (χ4n) is 3.38. The lowest BCUT2D eigenvalue weighted by atomic mass is 10.2. The maximum Gasteiger partial charge on any atom is 0.272 e. The van der Waals surface area contributed by atoms with Crippen molar-refractivity contribution in [2.75, 3.05) is 36.4 Å². The Balaban J connectivity index is 1.41. The Morgan fingerprint density at radius 1 is 1.14 bits per heavy atom. The summed E-state index contributed by atoms with van der Waals surface area (Å²) in [6, 6.07) is 12.0. The minimum absolute atomic E-state index is 0.148. The van der Waals surface area contributed by atoms with E-state index in [1.54, 1.807) is 36.3 Å². The number of aryl methyl sites for hydroxylation is 1. The van der Waals surface area contributed by atoms with Crippen LogP contribution < -0.4 is 10.2 Å². The molecule has 8 heteroatoms. The number of para-hydroxylation sites is 1. The number of hydrogen-bond donors (Lipinski definition) is 1. The maximum atomic E-state index is 14.0. The number of carbonyl (C=O) groups excluding carboxylic acids is 1. The van der Waals surface area contributed by atoms with Crippen LogP contribution in [0.25, 0.3) is 0 Å². The van der Waals surface area contributed by atoms with E-state index in [1.165, 1.54) is 6.07 Å². The molecule has 0 bridgehead atoms. The molecule has 1 aliphatic rings. The molecule has 1 N–H and O–H groups in total. The van der Waals surface area contributed by atoms with Gasteiger partial charge in [-0.3, -0.25) is 4.79 Å². The number of nitrogens with zero attached hydrogens (tertiary/aromatic N) is 4. The molecule has 29 heavy (non-hydrogen) atoms. The predicted octanol–water partition coefficient (Wildman–Crippen LogP) is 3.09. The average Bonchev–Trinajstić information content (AvgIpc) is 3.26. The number of nitrogens with one attached hydrogen (secondary N) is 1. The molecular formula is C21H22FN5O2. The van der Waals surface area contributed by atoms with E-state index in [-0.39, 0.29) is 11.7 Å². The van der Waals surface area contributed by atoms with Gasteiger partial charge in [-0.05, 0) is 31.2 Å². The molecule has 3 heterocycles. The fourth-order valence-corrected chi connectivity index (χ4v) is 3.38. The summed E-state index contributed by atoms with van der Waals surface area (Å²) in [7, 11) is 0. The van der Waals surface area contributed by atoms with E-state index in [1.807, 2.05) is 23.1 Å². The standard InChI is InChI=1S/C21H22FN5O2/c1-15-24-18(13-20(25-15)23-14-16-5-4-12-29-16)21(28)27-10-8-26(9-11-27)19-7-3-2-6-17(19)22/h2-7,12-13H,8-11,14H2,1H3,(H,23,24,25). The number of halogens is 1. The molecule has 1 aliphatic heterocycles. The van der Waals surface area contributed by atoms with Gasteiger partial charge in [0, 0.05) is 32.2 Å². The highest BCUT2D eigenvalue weighted by molar-refractivity contribution is 5.93. The van der Waals surface area contributed by atoms with E-state index in [2.05, 4.69) is 15.3 Å². The zero-order valence-corrected chi connectivity index (χ0v) is 16.1. The Morgan fingerprint density at radius 3 is 2.66 bits per heavy atom. The second-order valence-electron chi connectivity index (χ2n) is 6.85. The van der Waals surface area contributed by atoms with Crippen LogP contribution >= 0.6 is 0 Å². The van der Waals surface area contributed by atoms with Crippen LogP contribution in [0.1, 0.15) is 22.1 Å². The normalized spacial score (nSPS) is 14.1. The number of aromatic nitrogens is 2. The number of anilines is 2. The maximum absolute atomic E-state index is 14.0. The quantitative estimate of drug-likeness (QED) is 0.716. The van der Waals surface area contributed by atoms with Crippen LogP contribution in [-0.2, 0) is 6.54 Å². The van der Waals surface area contributed by atoms with Crippen molar-refractivity contribution in [1.82, 2.24) is 14.9 Å². The summed E-state index contributed by atoms with van der Waals surface area (Å²) in [5.74, 6) is 1.47. The van der Waals surface area contributed by atoms with Crippen molar-refractivity contribution in [3.8, 4) is 0 Å². The zero-order chi connectivity index (χ0) is 20.2. The number of furan rings is 1. The molecule has 4 rings (SSSR count). The molecule has 0 atom stereocenters. The molecular weight excluding hydrogens is 373 g/mol. The molecule has 2 aromatic heterocycles. The summed E-state index contributed by atoms with van der Waals surface area (Å²) < 4.78 is 19.3. The van der Waals surface area contributed by atoms with Gasteiger partial charge in [0.25, 0.3) is 5.91 Å². The van der Waals surface area contributed by atoms with E-state index in [9.17, 15) is 9.18 Å². The van der Waals surface area contributed by atoms with Crippen LogP contribution in [0.2, 0.25) is 0 Å². The average molecular weight is 395 g/mol. The molecule has 7 nitrogen and oxygen atoms in total. The van der Waals surface area contributed by atoms with E-state index in [0.29, 0.717) is 55.7 Å². The second-order valence-corrected chi connectivity index (χ2v) is 6.85.